The van der Waals surface area contributed by atoms with Gasteiger partial charge in [-0.3, -0.25) is 9.48 Å². The van der Waals surface area contributed by atoms with Gasteiger partial charge in [0.15, 0.2) is 0 Å². The lowest BCUT2D eigenvalue weighted by Crippen LogP contribution is -2.43. The number of aliphatic carboxylic acids is 1. The zero-order valence-electron chi connectivity index (χ0n) is 10.4. The van der Waals surface area contributed by atoms with Crippen LogP contribution < -0.4 is 5.32 Å². The van der Waals surface area contributed by atoms with E-state index < -0.39 is 17.9 Å². The number of carboxylic acid groups (broad SMARTS) is 1. The van der Waals surface area contributed by atoms with Gasteiger partial charge >= 0.3 is 5.97 Å². The number of hydrogen-bond acceptors (Lipinski definition) is 4. The number of hydrogen-bond donors (Lipinski definition) is 3. The Morgan fingerprint density at radius 1 is 1.50 bits per heavy atom. The van der Waals surface area contributed by atoms with Crippen LogP contribution in [0.25, 0.3) is 0 Å². The Hall–Kier alpha value is -1.89. The first-order valence-corrected chi connectivity index (χ1v) is 5.58. The van der Waals surface area contributed by atoms with Crippen LogP contribution in [0.2, 0.25) is 0 Å². The summed E-state index contributed by atoms with van der Waals surface area (Å²) in [4.78, 5) is 22.4. The van der Waals surface area contributed by atoms with Gasteiger partial charge in [0.05, 0.1) is 5.69 Å². The van der Waals surface area contributed by atoms with Crippen molar-refractivity contribution in [3.05, 3.63) is 17.5 Å². The quantitative estimate of drug-likeness (QED) is 0.632. The monoisotopic (exact) mass is 255 g/mol. The van der Waals surface area contributed by atoms with Crippen molar-refractivity contribution in [1.29, 1.82) is 0 Å². The fourth-order valence-electron chi connectivity index (χ4n) is 1.60. The van der Waals surface area contributed by atoms with Crippen LogP contribution in [0.5, 0.6) is 0 Å². The van der Waals surface area contributed by atoms with Crippen LogP contribution in [0.1, 0.15) is 17.8 Å². The van der Waals surface area contributed by atoms with Crippen molar-refractivity contribution in [2.24, 2.45) is 0 Å². The molecule has 0 aliphatic carbocycles. The van der Waals surface area contributed by atoms with E-state index in [0.717, 1.165) is 11.4 Å². The number of aryl methyl sites for hydroxylation is 2. The SMILES string of the molecule is Cc1cc(C)n(CC(=O)N[C@@H](CCO)C(=O)O)n1. The highest BCUT2D eigenvalue weighted by Gasteiger charge is 2.19. The first-order chi connectivity index (χ1) is 8.43. The molecule has 18 heavy (non-hydrogen) atoms. The van der Waals surface area contributed by atoms with Crippen molar-refractivity contribution in [3.63, 3.8) is 0 Å². The molecule has 0 spiro atoms. The third kappa shape index (κ3) is 3.85. The number of carbonyl (C=O) groups excluding carboxylic acids is 1. The molecule has 100 valence electrons. The maximum Gasteiger partial charge on any atom is 0.326 e. The van der Waals surface area contributed by atoms with Crippen LogP contribution in [-0.4, -0.2) is 44.5 Å². The summed E-state index contributed by atoms with van der Waals surface area (Å²) in [5.74, 6) is -1.60. The van der Waals surface area contributed by atoms with Crippen molar-refractivity contribution >= 4 is 11.9 Å². The standard InChI is InChI=1S/C11H17N3O4/c1-7-5-8(2)14(13-7)6-10(16)12-9(3-4-15)11(17)18/h5,9,15H,3-4,6H2,1-2H3,(H,12,16)(H,17,18)/t9-/m0/s1. The Morgan fingerprint density at radius 2 is 2.17 bits per heavy atom. The molecule has 3 N–H and O–H groups in total. The fourth-order valence-corrected chi connectivity index (χ4v) is 1.60. The third-order valence-corrected chi connectivity index (χ3v) is 2.45. The first-order valence-electron chi connectivity index (χ1n) is 5.58. The van der Waals surface area contributed by atoms with E-state index in [0.29, 0.717) is 0 Å². The summed E-state index contributed by atoms with van der Waals surface area (Å²) >= 11 is 0. The molecule has 0 saturated carbocycles. The first kappa shape index (κ1) is 14.2. The van der Waals surface area contributed by atoms with Crippen LogP contribution in [0, 0.1) is 13.8 Å². The lowest BCUT2D eigenvalue weighted by molar-refractivity contribution is -0.142. The number of aliphatic hydroxyl groups excluding tert-OH is 1. The number of aromatic nitrogens is 2. The molecule has 0 aliphatic rings. The van der Waals surface area contributed by atoms with E-state index in [9.17, 15) is 9.59 Å². The van der Waals surface area contributed by atoms with Gasteiger partial charge in [0.25, 0.3) is 0 Å². The number of carbonyl (C=O) groups is 2. The number of carboxylic acids is 1. The molecule has 0 bridgehead atoms. The molecule has 1 aromatic rings. The van der Waals surface area contributed by atoms with Gasteiger partial charge < -0.3 is 15.5 Å². The second-order valence-electron chi connectivity index (χ2n) is 4.06. The summed E-state index contributed by atoms with van der Waals surface area (Å²) in [6.07, 6.45) is -0.0157. The molecule has 1 atom stereocenters. The van der Waals surface area contributed by atoms with Crippen molar-refractivity contribution in [1.82, 2.24) is 15.1 Å². The number of rotatable bonds is 6. The van der Waals surface area contributed by atoms with Gasteiger partial charge in [0, 0.05) is 18.7 Å². The predicted octanol–water partition coefficient (Wildman–Crippen LogP) is -0.548. The fraction of sp³-hybridized carbons (Fsp3) is 0.545. The summed E-state index contributed by atoms with van der Waals surface area (Å²) in [6, 6.07) is 0.759. The number of nitrogens with zero attached hydrogens (tertiary/aromatic N) is 2. The molecule has 0 aromatic carbocycles. The normalized spacial score (nSPS) is 12.2. The Bertz CT molecular complexity index is 441. The number of aliphatic hydroxyl groups is 1. The molecule has 0 radical (unpaired) electrons. The zero-order valence-corrected chi connectivity index (χ0v) is 10.4. The molecule has 7 heteroatoms. The maximum absolute atomic E-state index is 11.6. The molecule has 1 rings (SSSR count). The van der Waals surface area contributed by atoms with Crippen molar-refractivity contribution in [2.45, 2.75) is 32.9 Å². The summed E-state index contributed by atoms with van der Waals surface area (Å²) in [7, 11) is 0. The van der Waals surface area contributed by atoms with E-state index in [1.165, 1.54) is 4.68 Å². The molecule has 0 saturated heterocycles. The van der Waals surface area contributed by atoms with Crippen LogP contribution in [0.4, 0.5) is 0 Å². The molecular formula is C11H17N3O4. The van der Waals surface area contributed by atoms with E-state index in [-0.39, 0.29) is 19.6 Å². The topological polar surface area (TPSA) is 104 Å². The van der Waals surface area contributed by atoms with Gasteiger partial charge in [-0.25, -0.2) is 4.79 Å². The van der Waals surface area contributed by atoms with Gasteiger partial charge in [-0.15, -0.1) is 0 Å². The van der Waals surface area contributed by atoms with Gasteiger partial charge in [0.2, 0.25) is 5.91 Å². The summed E-state index contributed by atoms with van der Waals surface area (Å²) in [5.41, 5.74) is 1.63. The van der Waals surface area contributed by atoms with E-state index in [1.54, 1.807) is 0 Å². The predicted molar refractivity (Wildman–Crippen MR) is 63.0 cm³/mol. The van der Waals surface area contributed by atoms with Crippen LogP contribution >= 0.6 is 0 Å². The van der Waals surface area contributed by atoms with Gasteiger partial charge in [-0.2, -0.15) is 5.10 Å². The van der Waals surface area contributed by atoms with E-state index in [4.69, 9.17) is 10.2 Å². The van der Waals surface area contributed by atoms with E-state index >= 15 is 0 Å². The smallest absolute Gasteiger partial charge is 0.326 e. The Balaban J connectivity index is 2.60. The largest absolute Gasteiger partial charge is 0.480 e. The van der Waals surface area contributed by atoms with E-state index in [1.807, 2.05) is 19.9 Å². The second-order valence-corrected chi connectivity index (χ2v) is 4.06. The van der Waals surface area contributed by atoms with Gasteiger partial charge in [0.1, 0.15) is 12.6 Å². The lowest BCUT2D eigenvalue weighted by atomic mass is 10.2. The zero-order chi connectivity index (χ0) is 13.7. The van der Waals surface area contributed by atoms with Gasteiger partial charge in [-0.1, -0.05) is 0 Å². The average molecular weight is 255 g/mol. The van der Waals surface area contributed by atoms with E-state index in [2.05, 4.69) is 10.4 Å². The summed E-state index contributed by atoms with van der Waals surface area (Å²) in [5, 5.41) is 24.0. The van der Waals surface area contributed by atoms with Crippen LogP contribution in [0.3, 0.4) is 0 Å². The third-order valence-electron chi connectivity index (χ3n) is 2.45. The maximum atomic E-state index is 11.6. The van der Waals surface area contributed by atoms with Crippen LogP contribution in [-0.2, 0) is 16.1 Å². The Morgan fingerprint density at radius 3 is 2.61 bits per heavy atom. The Labute approximate surface area is 104 Å². The molecule has 7 nitrogen and oxygen atoms in total. The highest BCUT2D eigenvalue weighted by molar-refractivity contribution is 5.83. The number of nitrogens with one attached hydrogen (secondary N) is 1. The highest BCUT2D eigenvalue weighted by atomic mass is 16.4. The molecular weight excluding hydrogens is 238 g/mol. The molecule has 1 heterocycles. The molecule has 0 aliphatic heterocycles. The average Bonchev–Trinajstić information content (AvgIpc) is 2.56. The second kappa shape index (κ2) is 6.15. The molecule has 0 unspecified atom stereocenters. The number of amides is 1. The molecule has 0 fully saturated rings. The molecule has 1 amide bonds. The van der Waals surface area contributed by atoms with Gasteiger partial charge in [-0.05, 0) is 19.9 Å². The van der Waals surface area contributed by atoms with Crippen molar-refractivity contribution in [2.75, 3.05) is 6.61 Å². The minimum Gasteiger partial charge on any atom is -0.480 e. The molecule has 1 aromatic heterocycles. The van der Waals surface area contributed by atoms with Crippen molar-refractivity contribution < 1.29 is 19.8 Å². The summed E-state index contributed by atoms with van der Waals surface area (Å²) in [6.45, 7) is 3.30. The van der Waals surface area contributed by atoms with Crippen LogP contribution in [0.15, 0.2) is 6.07 Å². The minimum atomic E-state index is -1.16. The highest BCUT2D eigenvalue weighted by Crippen LogP contribution is 2.01. The Kier molecular flexibility index (Phi) is 4.85. The van der Waals surface area contributed by atoms with Crippen molar-refractivity contribution in [3.8, 4) is 0 Å². The summed E-state index contributed by atoms with van der Waals surface area (Å²) < 4.78 is 1.50. The lowest BCUT2D eigenvalue weighted by Gasteiger charge is -2.13. The minimum absolute atomic E-state index is 0.0157.